The molecular formula is C17H16Cl2N4O2S. The van der Waals surface area contributed by atoms with Gasteiger partial charge in [-0.1, -0.05) is 41.4 Å². The number of hydrogen-bond acceptors (Lipinski definition) is 4. The van der Waals surface area contributed by atoms with Gasteiger partial charge in [-0.3, -0.25) is 0 Å². The number of hydrogen-bond donors (Lipinski definition) is 1. The topological polar surface area (TPSA) is 76.9 Å². The lowest BCUT2D eigenvalue weighted by Crippen LogP contribution is -2.16. The molecule has 0 atom stereocenters. The van der Waals surface area contributed by atoms with Gasteiger partial charge in [0, 0.05) is 15.6 Å². The molecule has 1 N–H and O–H groups in total. The second kappa shape index (κ2) is 7.26. The van der Waals surface area contributed by atoms with E-state index in [4.69, 9.17) is 23.2 Å². The van der Waals surface area contributed by atoms with Crippen LogP contribution < -0.4 is 4.72 Å². The Bertz CT molecular complexity index is 1040. The van der Waals surface area contributed by atoms with Crippen LogP contribution in [0.1, 0.15) is 16.7 Å². The summed E-state index contributed by atoms with van der Waals surface area (Å²) in [6.45, 7) is 3.84. The van der Waals surface area contributed by atoms with Crippen molar-refractivity contribution in [1.29, 1.82) is 0 Å². The van der Waals surface area contributed by atoms with Gasteiger partial charge < -0.3 is 0 Å². The van der Waals surface area contributed by atoms with Gasteiger partial charge in [0.2, 0.25) is 0 Å². The molecule has 0 fully saturated rings. The molecule has 3 rings (SSSR count). The van der Waals surface area contributed by atoms with Gasteiger partial charge in [0.15, 0.2) is 0 Å². The van der Waals surface area contributed by atoms with Crippen LogP contribution >= 0.6 is 23.2 Å². The Morgan fingerprint density at radius 3 is 2.50 bits per heavy atom. The fourth-order valence-corrected chi connectivity index (χ4v) is 4.23. The number of aryl methyl sites for hydroxylation is 2. The van der Waals surface area contributed by atoms with E-state index in [1.807, 2.05) is 13.0 Å². The average molecular weight is 411 g/mol. The van der Waals surface area contributed by atoms with Crippen LogP contribution in [0.2, 0.25) is 10.0 Å². The molecule has 0 saturated heterocycles. The maximum atomic E-state index is 12.6. The summed E-state index contributed by atoms with van der Waals surface area (Å²) in [5.74, 6) is -0.0194. The molecule has 1 aromatic heterocycles. The van der Waals surface area contributed by atoms with E-state index in [-0.39, 0.29) is 17.4 Å². The van der Waals surface area contributed by atoms with E-state index in [0.717, 1.165) is 5.56 Å². The SMILES string of the molecule is Cc1ccc(C)c(S(=O)(=O)Nc2ncn(Cc3c(Cl)cccc3Cl)n2)c1. The number of aromatic nitrogens is 3. The van der Waals surface area contributed by atoms with Gasteiger partial charge in [0.05, 0.1) is 11.4 Å². The zero-order valence-corrected chi connectivity index (χ0v) is 16.4. The predicted octanol–water partition coefficient (Wildman–Crippen LogP) is 4.05. The second-order valence-electron chi connectivity index (χ2n) is 5.84. The van der Waals surface area contributed by atoms with Crippen molar-refractivity contribution in [2.45, 2.75) is 25.3 Å². The molecule has 0 bridgehead atoms. The summed E-state index contributed by atoms with van der Waals surface area (Å²) in [4.78, 5) is 4.21. The van der Waals surface area contributed by atoms with Crippen LogP contribution in [0.4, 0.5) is 5.95 Å². The lowest BCUT2D eigenvalue weighted by molar-refractivity contribution is 0.600. The van der Waals surface area contributed by atoms with Crippen molar-refractivity contribution < 1.29 is 8.42 Å². The molecule has 0 aliphatic rings. The van der Waals surface area contributed by atoms with E-state index in [0.29, 0.717) is 21.2 Å². The van der Waals surface area contributed by atoms with Crippen LogP contribution in [0, 0.1) is 13.8 Å². The summed E-state index contributed by atoms with van der Waals surface area (Å²) in [5, 5.41) is 5.16. The maximum absolute atomic E-state index is 12.6. The van der Waals surface area contributed by atoms with Crippen LogP contribution in [0.3, 0.4) is 0 Å². The van der Waals surface area contributed by atoms with Gasteiger partial charge in [-0.2, -0.15) is 4.98 Å². The molecular weight excluding hydrogens is 395 g/mol. The third-order valence-corrected chi connectivity index (χ3v) is 5.96. The third kappa shape index (κ3) is 4.00. The largest absolute Gasteiger partial charge is 0.264 e. The fourth-order valence-electron chi connectivity index (χ4n) is 2.43. The highest BCUT2D eigenvalue weighted by Crippen LogP contribution is 2.25. The first-order valence-corrected chi connectivity index (χ1v) is 9.92. The Kier molecular flexibility index (Phi) is 5.22. The number of sulfonamides is 1. The Labute approximate surface area is 161 Å². The molecule has 0 aliphatic heterocycles. The second-order valence-corrected chi connectivity index (χ2v) is 8.31. The Morgan fingerprint density at radius 1 is 1.12 bits per heavy atom. The van der Waals surface area contributed by atoms with Crippen LogP contribution in [0.15, 0.2) is 47.6 Å². The highest BCUT2D eigenvalue weighted by Gasteiger charge is 2.19. The highest BCUT2D eigenvalue weighted by molar-refractivity contribution is 7.92. The molecule has 0 unspecified atom stereocenters. The minimum atomic E-state index is -3.78. The molecule has 0 saturated carbocycles. The zero-order chi connectivity index (χ0) is 18.9. The van der Waals surface area contributed by atoms with Crippen molar-refractivity contribution >= 4 is 39.2 Å². The Morgan fingerprint density at radius 2 is 1.81 bits per heavy atom. The average Bonchev–Trinajstić information content (AvgIpc) is 2.99. The predicted molar refractivity (Wildman–Crippen MR) is 102 cm³/mol. The zero-order valence-electron chi connectivity index (χ0n) is 14.1. The van der Waals surface area contributed by atoms with Gasteiger partial charge in [-0.05, 0) is 43.2 Å². The lowest BCUT2D eigenvalue weighted by atomic mass is 10.2. The summed E-state index contributed by atoms with van der Waals surface area (Å²) >= 11 is 12.3. The van der Waals surface area contributed by atoms with Gasteiger partial charge in [-0.25, -0.2) is 17.8 Å². The van der Waals surface area contributed by atoms with Gasteiger partial charge in [0.25, 0.3) is 16.0 Å². The molecule has 9 heteroatoms. The molecule has 3 aromatic rings. The first kappa shape index (κ1) is 18.7. The summed E-state index contributed by atoms with van der Waals surface area (Å²) in [6.07, 6.45) is 1.42. The first-order chi connectivity index (χ1) is 12.3. The minimum Gasteiger partial charge on any atom is -0.246 e. The van der Waals surface area contributed by atoms with Crippen LogP contribution in [-0.2, 0) is 16.6 Å². The molecule has 26 heavy (non-hydrogen) atoms. The standard InChI is InChI=1S/C17H16Cl2N4O2S/c1-11-6-7-12(2)16(8-11)26(24,25)22-17-20-10-23(21-17)9-13-14(18)4-3-5-15(13)19/h3-8,10H,9H2,1-2H3,(H,21,22). The molecule has 6 nitrogen and oxygen atoms in total. The monoisotopic (exact) mass is 410 g/mol. The number of halogens is 2. The molecule has 0 radical (unpaired) electrons. The van der Waals surface area contributed by atoms with E-state index in [1.165, 1.54) is 11.0 Å². The lowest BCUT2D eigenvalue weighted by Gasteiger charge is -2.09. The van der Waals surface area contributed by atoms with Crippen molar-refractivity contribution in [1.82, 2.24) is 14.8 Å². The fraction of sp³-hybridized carbons (Fsp3) is 0.176. The number of nitrogens with zero attached hydrogens (tertiary/aromatic N) is 3. The van der Waals surface area contributed by atoms with E-state index < -0.39 is 10.0 Å². The Balaban J connectivity index is 1.83. The molecule has 0 amide bonds. The molecule has 136 valence electrons. The van der Waals surface area contributed by atoms with E-state index in [9.17, 15) is 8.42 Å². The highest BCUT2D eigenvalue weighted by atomic mass is 35.5. The van der Waals surface area contributed by atoms with Crippen LogP contribution in [0.25, 0.3) is 0 Å². The van der Waals surface area contributed by atoms with Crippen molar-refractivity contribution in [2.24, 2.45) is 0 Å². The van der Waals surface area contributed by atoms with Gasteiger partial charge in [0.1, 0.15) is 6.33 Å². The first-order valence-electron chi connectivity index (χ1n) is 7.68. The summed E-state index contributed by atoms with van der Waals surface area (Å²) in [5.41, 5.74) is 2.18. The molecule has 0 aliphatic carbocycles. The smallest absolute Gasteiger partial charge is 0.246 e. The number of anilines is 1. The van der Waals surface area contributed by atoms with Gasteiger partial charge >= 0.3 is 0 Å². The number of benzene rings is 2. The molecule has 0 spiro atoms. The van der Waals surface area contributed by atoms with Gasteiger partial charge in [-0.15, -0.1) is 5.10 Å². The minimum absolute atomic E-state index is 0.0194. The number of rotatable bonds is 5. The van der Waals surface area contributed by atoms with Crippen molar-refractivity contribution in [2.75, 3.05) is 4.72 Å². The summed E-state index contributed by atoms with van der Waals surface area (Å²) in [6, 6.07) is 10.4. The van der Waals surface area contributed by atoms with E-state index >= 15 is 0 Å². The Hall–Kier alpha value is -2.09. The van der Waals surface area contributed by atoms with Crippen molar-refractivity contribution in [3.8, 4) is 0 Å². The number of nitrogens with one attached hydrogen (secondary N) is 1. The molecule has 1 heterocycles. The van der Waals surface area contributed by atoms with Crippen molar-refractivity contribution in [3.63, 3.8) is 0 Å². The van der Waals surface area contributed by atoms with Crippen LogP contribution in [0.5, 0.6) is 0 Å². The summed E-state index contributed by atoms with van der Waals surface area (Å²) < 4.78 is 29.1. The summed E-state index contributed by atoms with van der Waals surface area (Å²) in [7, 11) is -3.78. The van der Waals surface area contributed by atoms with E-state index in [1.54, 1.807) is 37.3 Å². The quantitative estimate of drug-likeness (QED) is 0.687. The molecule has 2 aromatic carbocycles. The maximum Gasteiger partial charge on any atom is 0.264 e. The third-order valence-electron chi connectivity index (χ3n) is 3.78. The van der Waals surface area contributed by atoms with Crippen molar-refractivity contribution in [3.05, 3.63) is 69.5 Å². The van der Waals surface area contributed by atoms with E-state index in [2.05, 4.69) is 14.8 Å². The van der Waals surface area contributed by atoms with Crippen LogP contribution in [-0.4, -0.2) is 23.2 Å². The normalized spacial score (nSPS) is 11.5.